The average molecular weight is 471 g/mol. The minimum absolute atomic E-state index is 0.0254. The molecule has 4 bridgehead atoms. The lowest BCUT2D eigenvalue weighted by Gasteiger charge is -2.56. The van der Waals surface area contributed by atoms with Gasteiger partial charge < -0.3 is 10.6 Å². The fourth-order valence-electron chi connectivity index (χ4n) is 7.04. The third-order valence-corrected chi connectivity index (χ3v) is 9.04. The second-order valence-electron chi connectivity index (χ2n) is 10.5. The number of carbonyl (C=O) groups excluding carboxylic acids is 2. The molecule has 4 aliphatic carbocycles. The minimum atomic E-state index is -0.152. The minimum Gasteiger partial charge on any atom is -0.350 e. The summed E-state index contributed by atoms with van der Waals surface area (Å²) in [4.78, 5) is 27.0. The smallest absolute Gasteiger partial charge is 0.256 e. The molecule has 0 radical (unpaired) electrons. The van der Waals surface area contributed by atoms with Gasteiger partial charge in [0.25, 0.3) is 5.91 Å². The van der Waals surface area contributed by atoms with Gasteiger partial charge in [0.05, 0.1) is 11.3 Å². The second kappa shape index (κ2) is 8.77. The lowest BCUT2D eigenvalue weighted by Crippen LogP contribution is -2.60. The average Bonchev–Trinajstić information content (AvgIpc) is 2.82. The van der Waals surface area contributed by atoms with Crippen molar-refractivity contribution in [3.8, 4) is 0 Å². The first-order valence-electron chi connectivity index (χ1n) is 12.4. The van der Waals surface area contributed by atoms with Crippen LogP contribution >= 0.6 is 11.8 Å². The summed E-state index contributed by atoms with van der Waals surface area (Å²) in [5.74, 6) is 2.69. The van der Waals surface area contributed by atoms with Gasteiger partial charge >= 0.3 is 0 Å². The Bertz CT molecular complexity index is 1210. The van der Waals surface area contributed by atoms with E-state index >= 15 is 0 Å². The molecule has 0 spiro atoms. The summed E-state index contributed by atoms with van der Waals surface area (Å²) in [6.07, 6.45) is 7.55. The first-order valence-corrected chi connectivity index (χ1v) is 13.4. The molecule has 0 saturated heterocycles. The largest absolute Gasteiger partial charge is 0.350 e. The van der Waals surface area contributed by atoms with Crippen LogP contribution in [0.2, 0.25) is 0 Å². The summed E-state index contributed by atoms with van der Waals surface area (Å²) in [5, 5.41) is 8.62. The van der Waals surface area contributed by atoms with Crippen LogP contribution in [-0.4, -0.2) is 23.1 Å². The van der Waals surface area contributed by atoms with Crippen LogP contribution < -0.4 is 10.6 Å². The number of benzene rings is 3. The van der Waals surface area contributed by atoms with Crippen LogP contribution in [-0.2, 0) is 4.79 Å². The molecule has 2 N–H and O–H groups in total. The number of amides is 2. The third kappa shape index (κ3) is 4.22. The van der Waals surface area contributed by atoms with Crippen molar-refractivity contribution in [2.24, 2.45) is 17.8 Å². The van der Waals surface area contributed by atoms with Crippen molar-refractivity contribution in [3.05, 3.63) is 72.3 Å². The van der Waals surface area contributed by atoms with Crippen LogP contribution in [0.1, 0.15) is 48.9 Å². The molecule has 4 nitrogen and oxygen atoms in total. The molecule has 0 atom stereocenters. The summed E-state index contributed by atoms with van der Waals surface area (Å²) >= 11 is 1.45. The molecular formula is C29H30N2O2S. The van der Waals surface area contributed by atoms with E-state index in [1.807, 2.05) is 66.7 Å². The Kier molecular flexibility index (Phi) is 5.60. The maximum atomic E-state index is 13.2. The van der Waals surface area contributed by atoms with Gasteiger partial charge in [0.1, 0.15) is 0 Å². The number of hydrogen-bond donors (Lipinski definition) is 2. The molecule has 4 aliphatic rings. The summed E-state index contributed by atoms with van der Waals surface area (Å²) < 4.78 is 0. The number of anilines is 1. The van der Waals surface area contributed by atoms with Gasteiger partial charge in [-0.1, -0.05) is 48.5 Å². The van der Waals surface area contributed by atoms with E-state index < -0.39 is 0 Å². The molecule has 4 fully saturated rings. The molecule has 174 valence electrons. The van der Waals surface area contributed by atoms with E-state index in [-0.39, 0.29) is 17.4 Å². The zero-order valence-corrected chi connectivity index (χ0v) is 20.1. The van der Waals surface area contributed by atoms with Crippen molar-refractivity contribution in [1.82, 2.24) is 5.32 Å². The molecule has 2 amide bonds. The second-order valence-corrected chi connectivity index (χ2v) is 11.5. The lowest BCUT2D eigenvalue weighted by atomic mass is 9.53. The van der Waals surface area contributed by atoms with Crippen LogP contribution in [0.5, 0.6) is 0 Å². The number of hydrogen-bond acceptors (Lipinski definition) is 3. The fraction of sp³-hybridized carbons (Fsp3) is 0.379. The Balaban J connectivity index is 1.13. The fourth-order valence-corrected chi connectivity index (χ4v) is 7.89. The van der Waals surface area contributed by atoms with E-state index in [1.54, 1.807) is 0 Å². The Morgan fingerprint density at radius 2 is 1.47 bits per heavy atom. The number of carbonyl (C=O) groups is 2. The zero-order valence-electron chi connectivity index (χ0n) is 19.3. The summed E-state index contributed by atoms with van der Waals surface area (Å²) in [6.45, 7) is 0. The first-order chi connectivity index (χ1) is 16.6. The Hall–Kier alpha value is -2.79. The highest BCUT2D eigenvalue weighted by Gasteiger charge is 2.51. The number of rotatable bonds is 6. The quantitative estimate of drug-likeness (QED) is 0.418. The van der Waals surface area contributed by atoms with Crippen molar-refractivity contribution < 1.29 is 9.59 Å². The highest BCUT2D eigenvalue weighted by molar-refractivity contribution is 8.00. The van der Waals surface area contributed by atoms with E-state index in [4.69, 9.17) is 0 Å². The van der Waals surface area contributed by atoms with Gasteiger partial charge in [0.15, 0.2) is 0 Å². The van der Waals surface area contributed by atoms with E-state index in [1.165, 1.54) is 31.0 Å². The molecule has 0 aromatic heterocycles. The molecule has 0 unspecified atom stereocenters. The summed E-state index contributed by atoms with van der Waals surface area (Å²) in [7, 11) is 0. The normalized spacial score (nSPS) is 27.0. The molecular weight excluding hydrogens is 440 g/mol. The number of nitrogens with one attached hydrogen (secondary N) is 2. The van der Waals surface area contributed by atoms with Crippen LogP contribution in [0.3, 0.4) is 0 Å². The van der Waals surface area contributed by atoms with Crippen LogP contribution in [0.15, 0.2) is 71.6 Å². The monoisotopic (exact) mass is 470 g/mol. The van der Waals surface area contributed by atoms with E-state index in [2.05, 4.69) is 10.6 Å². The molecule has 7 rings (SSSR count). The molecule has 5 heteroatoms. The molecule has 3 aromatic carbocycles. The lowest BCUT2D eigenvalue weighted by molar-refractivity contribution is -0.124. The number of fused-ring (bicyclic) bond motifs is 1. The molecule has 34 heavy (non-hydrogen) atoms. The Morgan fingerprint density at radius 1 is 0.824 bits per heavy atom. The van der Waals surface area contributed by atoms with Crippen LogP contribution in [0.25, 0.3) is 10.8 Å². The maximum Gasteiger partial charge on any atom is 0.256 e. The van der Waals surface area contributed by atoms with Gasteiger partial charge in [-0.05, 0) is 79.9 Å². The van der Waals surface area contributed by atoms with Gasteiger partial charge in [-0.2, -0.15) is 0 Å². The van der Waals surface area contributed by atoms with E-state index in [0.717, 1.165) is 58.4 Å². The Labute approximate surface area is 204 Å². The van der Waals surface area contributed by atoms with Gasteiger partial charge in [-0.3, -0.25) is 9.59 Å². The van der Waals surface area contributed by atoms with Gasteiger partial charge in [-0.15, -0.1) is 11.8 Å². The van der Waals surface area contributed by atoms with E-state index in [0.29, 0.717) is 11.3 Å². The van der Waals surface area contributed by atoms with Crippen molar-refractivity contribution in [3.63, 3.8) is 0 Å². The molecule has 0 heterocycles. The highest BCUT2D eigenvalue weighted by Crippen LogP contribution is 2.55. The predicted octanol–water partition coefficient (Wildman–Crippen LogP) is 6.27. The standard InChI is InChI=1S/C29H30N2O2S/c32-27(31-29-15-19-12-20(16-29)14-21(13-19)17-29)18-34-26-11-4-3-9-24(26)28(33)30-25-10-5-7-22-6-1-2-8-23(22)25/h1-11,19-21H,12-18H2,(H,30,33)(H,31,32). The van der Waals surface area contributed by atoms with Gasteiger partial charge in [0, 0.05) is 21.5 Å². The summed E-state index contributed by atoms with van der Waals surface area (Å²) in [5.41, 5.74) is 1.42. The zero-order chi connectivity index (χ0) is 23.1. The third-order valence-electron chi connectivity index (χ3n) is 7.97. The summed E-state index contributed by atoms with van der Waals surface area (Å²) in [6, 6.07) is 21.5. The highest BCUT2D eigenvalue weighted by atomic mass is 32.2. The van der Waals surface area contributed by atoms with Crippen molar-refractivity contribution in [2.75, 3.05) is 11.1 Å². The maximum absolute atomic E-state index is 13.2. The van der Waals surface area contributed by atoms with Crippen LogP contribution in [0.4, 0.5) is 5.69 Å². The molecule has 0 aliphatic heterocycles. The van der Waals surface area contributed by atoms with Gasteiger partial charge in [-0.25, -0.2) is 0 Å². The SMILES string of the molecule is O=C(CSc1ccccc1C(=O)Nc1cccc2ccccc12)NC12CC3CC(CC(C3)C1)C2. The van der Waals surface area contributed by atoms with Crippen molar-refractivity contribution in [1.29, 1.82) is 0 Å². The number of thioether (sulfide) groups is 1. The van der Waals surface area contributed by atoms with E-state index in [9.17, 15) is 9.59 Å². The Morgan fingerprint density at radius 3 is 2.24 bits per heavy atom. The predicted molar refractivity (Wildman–Crippen MR) is 138 cm³/mol. The van der Waals surface area contributed by atoms with Crippen molar-refractivity contribution in [2.45, 2.75) is 49.0 Å². The first kappa shape index (κ1) is 21.7. The van der Waals surface area contributed by atoms with Gasteiger partial charge in [0.2, 0.25) is 5.91 Å². The topological polar surface area (TPSA) is 58.2 Å². The van der Waals surface area contributed by atoms with Crippen LogP contribution in [0, 0.1) is 17.8 Å². The molecule has 4 saturated carbocycles. The van der Waals surface area contributed by atoms with Crippen molar-refractivity contribution >= 4 is 40.0 Å². The molecule has 3 aromatic rings.